The Morgan fingerprint density at radius 3 is 2.45 bits per heavy atom. The maximum absolute atomic E-state index is 12.4. The molecule has 22 heavy (non-hydrogen) atoms. The van der Waals surface area contributed by atoms with Gasteiger partial charge in [0.1, 0.15) is 0 Å². The SMILES string of the molecule is NC(=O)c1c(CN2CCCC2=O)n(N)c(=O)c2ccccc12. The van der Waals surface area contributed by atoms with Gasteiger partial charge in [0.25, 0.3) is 11.5 Å². The van der Waals surface area contributed by atoms with Crippen LogP contribution in [0.3, 0.4) is 0 Å². The molecule has 1 fully saturated rings. The van der Waals surface area contributed by atoms with Crippen molar-refractivity contribution in [1.29, 1.82) is 0 Å². The van der Waals surface area contributed by atoms with Crippen LogP contribution in [0, 0.1) is 0 Å². The standard InChI is InChI=1S/C15H16N4O3/c16-14(21)13-9-4-1-2-5-10(9)15(22)19(17)11(13)8-18-7-3-6-12(18)20/h1-2,4-5H,3,6-8,17H2,(H2,16,21). The molecule has 1 aromatic heterocycles. The maximum atomic E-state index is 12.4. The van der Waals surface area contributed by atoms with Crippen molar-refractivity contribution in [2.45, 2.75) is 19.4 Å². The molecule has 1 aromatic carbocycles. The minimum atomic E-state index is -0.669. The van der Waals surface area contributed by atoms with E-state index in [4.69, 9.17) is 11.6 Å². The molecule has 2 heterocycles. The van der Waals surface area contributed by atoms with Gasteiger partial charge in [-0.3, -0.25) is 14.4 Å². The summed E-state index contributed by atoms with van der Waals surface area (Å²) < 4.78 is 0.925. The van der Waals surface area contributed by atoms with Crippen molar-refractivity contribution in [3.05, 3.63) is 45.9 Å². The number of carbonyl (C=O) groups is 2. The number of pyridine rings is 1. The van der Waals surface area contributed by atoms with Crippen LogP contribution in [0.4, 0.5) is 0 Å². The summed E-state index contributed by atoms with van der Waals surface area (Å²) in [5.41, 5.74) is 5.54. The van der Waals surface area contributed by atoms with Gasteiger partial charge in [-0.1, -0.05) is 18.2 Å². The van der Waals surface area contributed by atoms with Crippen molar-refractivity contribution in [3.8, 4) is 0 Å². The van der Waals surface area contributed by atoms with Gasteiger partial charge < -0.3 is 16.5 Å². The summed E-state index contributed by atoms with van der Waals surface area (Å²) in [4.78, 5) is 37.6. The Bertz CT molecular complexity index is 841. The summed E-state index contributed by atoms with van der Waals surface area (Å²) in [6, 6.07) is 6.67. The Hall–Kier alpha value is -2.83. The Morgan fingerprint density at radius 1 is 1.18 bits per heavy atom. The van der Waals surface area contributed by atoms with E-state index in [9.17, 15) is 14.4 Å². The number of aromatic nitrogens is 1. The Labute approximate surface area is 126 Å². The number of rotatable bonds is 3. The van der Waals surface area contributed by atoms with Crippen LogP contribution in [-0.4, -0.2) is 27.9 Å². The molecule has 0 unspecified atom stereocenters. The molecule has 1 aliphatic heterocycles. The first kappa shape index (κ1) is 14.1. The van der Waals surface area contributed by atoms with Crippen molar-refractivity contribution in [3.63, 3.8) is 0 Å². The summed E-state index contributed by atoms with van der Waals surface area (Å²) >= 11 is 0. The zero-order valence-electron chi connectivity index (χ0n) is 11.9. The zero-order chi connectivity index (χ0) is 15.9. The molecule has 0 bridgehead atoms. The topological polar surface area (TPSA) is 111 Å². The lowest BCUT2D eigenvalue weighted by Gasteiger charge is -2.20. The molecule has 1 saturated heterocycles. The number of fused-ring (bicyclic) bond motifs is 1. The van der Waals surface area contributed by atoms with E-state index in [-0.39, 0.29) is 23.7 Å². The fraction of sp³-hybridized carbons (Fsp3) is 0.267. The highest BCUT2D eigenvalue weighted by atomic mass is 16.2. The highest BCUT2D eigenvalue weighted by Crippen LogP contribution is 2.21. The first-order valence-corrected chi connectivity index (χ1v) is 7.00. The Morgan fingerprint density at radius 2 is 1.86 bits per heavy atom. The molecule has 0 atom stereocenters. The largest absolute Gasteiger partial charge is 0.366 e. The van der Waals surface area contributed by atoms with Crippen LogP contribution in [0.25, 0.3) is 10.8 Å². The second-order valence-corrected chi connectivity index (χ2v) is 5.33. The third kappa shape index (κ3) is 2.11. The van der Waals surface area contributed by atoms with Crippen molar-refractivity contribution < 1.29 is 9.59 Å². The summed E-state index contributed by atoms with van der Waals surface area (Å²) in [7, 11) is 0. The molecular formula is C15H16N4O3. The summed E-state index contributed by atoms with van der Waals surface area (Å²) in [6.45, 7) is 0.686. The van der Waals surface area contributed by atoms with Crippen molar-refractivity contribution in [2.75, 3.05) is 12.4 Å². The average Bonchev–Trinajstić information content (AvgIpc) is 2.89. The minimum Gasteiger partial charge on any atom is -0.366 e. The van der Waals surface area contributed by atoms with E-state index in [0.717, 1.165) is 11.1 Å². The lowest BCUT2D eigenvalue weighted by molar-refractivity contribution is -0.128. The zero-order valence-corrected chi connectivity index (χ0v) is 11.9. The number of primary amides is 1. The molecule has 7 heteroatoms. The van der Waals surface area contributed by atoms with Crippen LogP contribution < -0.4 is 17.1 Å². The van der Waals surface area contributed by atoms with Gasteiger partial charge in [0.2, 0.25) is 5.91 Å². The van der Waals surface area contributed by atoms with Gasteiger partial charge in [-0.2, -0.15) is 0 Å². The Kier molecular flexibility index (Phi) is 3.32. The van der Waals surface area contributed by atoms with E-state index in [2.05, 4.69) is 0 Å². The fourth-order valence-corrected chi connectivity index (χ4v) is 2.90. The third-order valence-corrected chi connectivity index (χ3v) is 3.98. The number of benzene rings is 1. The van der Waals surface area contributed by atoms with Crippen LogP contribution in [0.1, 0.15) is 28.9 Å². The second kappa shape index (κ2) is 5.18. The van der Waals surface area contributed by atoms with Crippen molar-refractivity contribution in [2.24, 2.45) is 5.73 Å². The summed E-state index contributed by atoms with van der Waals surface area (Å²) in [5.74, 6) is 5.18. The van der Waals surface area contributed by atoms with E-state index in [1.54, 1.807) is 29.2 Å². The third-order valence-electron chi connectivity index (χ3n) is 3.98. The maximum Gasteiger partial charge on any atom is 0.276 e. The molecule has 0 saturated carbocycles. The molecule has 7 nitrogen and oxygen atoms in total. The van der Waals surface area contributed by atoms with E-state index in [0.29, 0.717) is 23.7 Å². The first-order chi connectivity index (χ1) is 10.5. The number of likely N-dealkylation sites (tertiary alicyclic amines) is 1. The number of hydrogen-bond acceptors (Lipinski definition) is 4. The predicted molar refractivity (Wildman–Crippen MR) is 81.5 cm³/mol. The molecule has 4 N–H and O–H groups in total. The second-order valence-electron chi connectivity index (χ2n) is 5.33. The highest BCUT2D eigenvalue weighted by molar-refractivity contribution is 6.07. The molecule has 0 spiro atoms. The van der Waals surface area contributed by atoms with E-state index in [1.165, 1.54) is 0 Å². The molecule has 3 rings (SSSR count). The van der Waals surface area contributed by atoms with Gasteiger partial charge in [0.05, 0.1) is 17.8 Å². The Balaban J connectivity index is 2.26. The van der Waals surface area contributed by atoms with Crippen LogP contribution in [0.5, 0.6) is 0 Å². The number of amides is 2. The number of nitrogens with zero attached hydrogens (tertiary/aromatic N) is 2. The summed E-state index contributed by atoms with van der Waals surface area (Å²) in [5, 5.41) is 0.790. The summed E-state index contributed by atoms with van der Waals surface area (Å²) in [6.07, 6.45) is 1.22. The van der Waals surface area contributed by atoms with Crippen LogP contribution in [0.15, 0.2) is 29.1 Å². The van der Waals surface area contributed by atoms with Gasteiger partial charge in [0, 0.05) is 23.7 Å². The number of hydrogen-bond donors (Lipinski definition) is 2. The average molecular weight is 300 g/mol. The number of nitrogen functional groups attached to an aromatic ring is 1. The molecule has 114 valence electrons. The van der Waals surface area contributed by atoms with E-state index in [1.807, 2.05) is 0 Å². The van der Waals surface area contributed by atoms with Gasteiger partial charge >= 0.3 is 0 Å². The van der Waals surface area contributed by atoms with Gasteiger partial charge in [-0.15, -0.1) is 0 Å². The van der Waals surface area contributed by atoms with Crippen LogP contribution in [0.2, 0.25) is 0 Å². The van der Waals surface area contributed by atoms with E-state index < -0.39 is 11.5 Å². The van der Waals surface area contributed by atoms with Gasteiger partial charge in [-0.05, 0) is 12.5 Å². The lowest BCUT2D eigenvalue weighted by Crippen LogP contribution is -2.37. The first-order valence-electron chi connectivity index (χ1n) is 7.00. The van der Waals surface area contributed by atoms with Gasteiger partial charge in [-0.25, -0.2) is 4.68 Å². The van der Waals surface area contributed by atoms with E-state index >= 15 is 0 Å². The lowest BCUT2D eigenvalue weighted by atomic mass is 10.0. The molecule has 0 radical (unpaired) electrons. The molecule has 2 amide bonds. The van der Waals surface area contributed by atoms with Crippen molar-refractivity contribution in [1.82, 2.24) is 9.58 Å². The molecule has 0 aliphatic carbocycles. The molecule has 1 aliphatic rings. The molecule has 2 aromatic rings. The highest BCUT2D eigenvalue weighted by Gasteiger charge is 2.25. The quantitative estimate of drug-likeness (QED) is 0.773. The smallest absolute Gasteiger partial charge is 0.276 e. The fourth-order valence-electron chi connectivity index (χ4n) is 2.90. The van der Waals surface area contributed by atoms with Crippen LogP contribution >= 0.6 is 0 Å². The normalized spacial score (nSPS) is 14.7. The van der Waals surface area contributed by atoms with Gasteiger partial charge in [0.15, 0.2) is 0 Å². The molecular weight excluding hydrogens is 284 g/mol. The minimum absolute atomic E-state index is 0.0176. The van der Waals surface area contributed by atoms with Crippen molar-refractivity contribution >= 4 is 22.6 Å². The number of nitrogens with two attached hydrogens (primary N) is 2. The predicted octanol–water partition coefficient (Wildman–Crippen LogP) is -0.0634. The van der Waals surface area contributed by atoms with Crippen LogP contribution in [-0.2, 0) is 11.3 Å². The number of carbonyl (C=O) groups excluding carboxylic acids is 2. The monoisotopic (exact) mass is 300 g/mol.